The van der Waals surface area contributed by atoms with Crippen LogP contribution in [-0.4, -0.2) is 25.7 Å². The zero-order chi connectivity index (χ0) is 12.3. The normalized spacial score (nSPS) is 19.4. The van der Waals surface area contributed by atoms with Gasteiger partial charge in [0.25, 0.3) is 0 Å². The number of benzene rings is 1. The first-order valence-corrected chi connectivity index (χ1v) is 6.67. The van der Waals surface area contributed by atoms with Crippen LogP contribution in [-0.2, 0) is 9.53 Å². The third-order valence-electron chi connectivity index (χ3n) is 2.98. The molecule has 1 fully saturated rings. The molecule has 2 rings (SSSR count). The molecule has 92 valence electrons. The number of esters is 1. The first-order valence-electron chi connectivity index (χ1n) is 5.88. The number of ether oxygens (including phenoxy) is 1. The molecular formula is C13H16BrNO2. The summed E-state index contributed by atoms with van der Waals surface area (Å²) in [5, 5.41) is 0. The fourth-order valence-electron chi connectivity index (χ4n) is 2.12. The molecule has 0 amide bonds. The standard InChI is InChI=1S/C13H16BrNO2/c1-2-17-13(16)10-6-7-15(9-10)12-5-3-4-11(14)8-12/h3-5,8,10H,2,6-7,9H2,1H3. The Morgan fingerprint density at radius 1 is 1.59 bits per heavy atom. The number of anilines is 1. The Morgan fingerprint density at radius 3 is 3.12 bits per heavy atom. The Kier molecular flexibility index (Phi) is 4.05. The van der Waals surface area contributed by atoms with Crippen molar-refractivity contribution in [2.75, 3.05) is 24.6 Å². The highest BCUT2D eigenvalue weighted by molar-refractivity contribution is 9.10. The second kappa shape index (κ2) is 5.54. The molecule has 1 aliphatic heterocycles. The molecule has 1 atom stereocenters. The van der Waals surface area contributed by atoms with Gasteiger partial charge >= 0.3 is 5.97 Å². The smallest absolute Gasteiger partial charge is 0.310 e. The number of carbonyl (C=O) groups is 1. The summed E-state index contributed by atoms with van der Waals surface area (Å²) in [5.41, 5.74) is 1.16. The molecule has 0 N–H and O–H groups in total. The van der Waals surface area contributed by atoms with Crippen LogP contribution in [0.25, 0.3) is 0 Å². The minimum Gasteiger partial charge on any atom is -0.466 e. The van der Waals surface area contributed by atoms with E-state index in [9.17, 15) is 4.79 Å². The number of rotatable bonds is 3. The van der Waals surface area contributed by atoms with Gasteiger partial charge in [-0.1, -0.05) is 22.0 Å². The molecule has 4 heteroatoms. The number of hydrogen-bond donors (Lipinski definition) is 0. The third-order valence-corrected chi connectivity index (χ3v) is 3.47. The molecule has 0 aliphatic carbocycles. The summed E-state index contributed by atoms with van der Waals surface area (Å²) in [7, 11) is 0. The lowest BCUT2D eigenvalue weighted by Crippen LogP contribution is -2.24. The van der Waals surface area contributed by atoms with Crippen molar-refractivity contribution in [1.29, 1.82) is 0 Å². The molecule has 1 aromatic rings. The van der Waals surface area contributed by atoms with Gasteiger partial charge in [0, 0.05) is 23.2 Å². The van der Waals surface area contributed by atoms with E-state index in [4.69, 9.17) is 4.74 Å². The van der Waals surface area contributed by atoms with E-state index in [1.807, 2.05) is 19.1 Å². The van der Waals surface area contributed by atoms with Gasteiger partial charge in [-0.15, -0.1) is 0 Å². The maximum absolute atomic E-state index is 11.6. The van der Waals surface area contributed by atoms with Crippen LogP contribution >= 0.6 is 15.9 Å². The lowest BCUT2D eigenvalue weighted by atomic mass is 10.1. The maximum atomic E-state index is 11.6. The van der Waals surface area contributed by atoms with E-state index in [0.717, 1.165) is 29.7 Å². The highest BCUT2D eigenvalue weighted by atomic mass is 79.9. The Balaban J connectivity index is 2.00. The van der Waals surface area contributed by atoms with Crippen molar-refractivity contribution < 1.29 is 9.53 Å². The molecule has 0 aromatic heterocycles. The van der Waals surface area contributed by atoms with Gasteiger partial charge in [-0.2, -0.15) is 0 Å². The van der Waals surface area contributed by atoms with Crippen LogP contribution in [0.1, 0.15) is 13.3 Å². The van der Waals surface area contributed by atoms with Crippen molar-refractivity contribution in [1.82, 2.24) is 0 Å². The van der Waals surface area contributed by atoms with Crippen molar-refractivity contribution in [3.63, 3.8) is 0 Å². The van der Waals surface area contributed by atoms with Gasteiger partial charge in [-0.3, -0.25) is 4.79 Å². The SMILES string of the molecule is CCOC(=O)C1CCN(c2cccc(Br)c2)C1. The van der Waals surface area contributed by atoms with Crippen molar-refractivity contribution in [2.45, 2.75) is 13.3 Å². The van der Waals surface area contributed by atoms with Crippen molar-refractivity contribution in [3.05, 3.63) is 28.7 Å². The topological polar surface area (TPSA) is 29.5 Å². The van der Waals surface area contributed by atoms with Crippen LogP contribution in [0.3, 0.4) is 0 Å². The van der Waals surface area contributed by atoms with E-state index in [-0.39, 0.29) is 11.9 Å². The second-order valence-electron chi connectivity index (χ2n) is 4.16. The summed E-state index contributed by atoms with van der Waals surface area (Å²) < 4.78 is 6.12. The Morgan fingerprint density at radius 2 is 2.41 bits per heavy atom. The summed E-state index contributed by atoms with van der Waals surface area (Å²) in [6, 6.07) is 8.16. The van der Waals surface area contributed by atoms with E-state index in [1.165, 1.54) is 0 Å². The van der Waals surface area contributed by atoms with Crippen molar-refractivity contribution >= 4 is 27.6 Å². The van der Waals surface area contributed by atoms with Gasteiger partial charge in [0.2, 0.25) is 0 Å². The predicted octanol–water partition coefficient (Wildman–Crippen LogP) is 2.84. The highest BCUT2D eigenvalue weighted by Gasteiger charge is 2.29. The quantitative estimate of drug-likeness (QED) is 0.804. The monoisotopic (exact) mass is 297 g/mol. The molecule has 0 saturated carbocycles. The van der Waals surface area contributed by atoms with Gasteiger partial charge in [-0.25, -0.2) is 0 Å². The van der Waals surface area contributed by atoms with Gasteiger partial charge < -0.3 is 9.64 Å². The zero-order valence-corrected chi connectivity index (χ0v) is 11.4. The summed E-state index contributed by atoms with van der Waals surface area (Å²) in [6.45, 7) is 3.99. The average Bonchev–Trinajstić information content (AvgIpc) is 2.78. The minimum atomic E-state index is -0.0648. The summed E-state index contributed by atoms with van der Waals surface area (Å²) in [5.74, 6) is -0.0427. The second-order valence-corrected chi connectivity index (χ2v) is 5.08. The number of hydrogen-bond acceptors (Lipinski definition) is 3. The van der Waals surface area contributed by atoms with E-state index in [2.05, 4.69) is 33.0 Å². The average molecular weight is 298 g/mol. The van der Waals surface area contributed by atoms with E-state index in [0.29, 0.717) is 6.61 Å². The van der Waals surface area contributed by atoms with Gasteiger partial charge in [0.1, 0.15) is 0 Å². The summed E-state index contributed by atoms with van der Waals surface area (Å²) in [6.07, 6.45) is 0.880. The molecule has 1 aliphatic rings. The lowest BCUT2D eigenvalue weighted by Gasteiger charge is -2.18. The maximum Gasteiger partial charge on any atom is 0.310 e. The van der Waals surface area contributed by atoms with Crippen LogP contribution in [0, 0.1) is 5.92 Å². The molecule has 0 radical (unpaired) electrons. The minimum absolute atomic E-state index is 0.0222. The van der Waals surface area contributed by atoms with E-state index in [1.54, 1.807) is 0 Å². The van der Waals surface area contributed by atoms with Crippen LogP contribution in [0.15, 0.2) is 28.7 Å². The largest absolute Gasteiger partial charge is 0.466 e. The molecule has 1 aromatic carbocycles. The molecule has 17 heavy (non-hydrogen) atoms. The van der Waals surface area contributed by atoms with Gasteiger partial charge in [0.05, 0.1) is 12.5 Å². The number of halogens is 1. The third kappa shape index (κ3) is 3.00. The molecular weight excluding hydrogens is 282 g/mol. The van der Waals surface area contributed by atoms with Crippen LogP contribution in [0.4, 0.5) is 5.69 Å². The first kappa shape index (κ1) is 12.4. The van der Waals surface area contributed by atoms with Crippen LogP contribution < -0.4 is 4.90 Å². The zero-order valence-electron chi connectivity index (χ0n) is 9.86. The summed E-state index contributed by atoms with van der Waals surface area (Å²) >= 11 is 3.46. The van der Waals surface area contributed by atoms with Gasteiger partial charge in [0.15, 0.2) is 0 Å². The first-order chi connectivity index (χ1) is 8.20. The van der Waals surface area contributed by atoms with E-state index >= 15 is 0 Å². The van der Waals surface area contributed by atoms with Crippen molar-refractivity contribution in [2.24, 2.45) is 5.92 Å². The Bertz CT molecular complexity index is 408. The molecule has 1 unspecified atom stereocenters. The fraction of sp³-hybridized carbons (Fsp3) is 0.462. The molecule has 1 heterocycles. The summed E-state index contributed by atoms with van der Waals surface area (Å²) in [4.78, 5) is 13.9. The molecule has 0 spiro atoms. The molecule has 0 bridgehead atoms. The Hall–Kier alpha value is -1.03. The van der Waals surface area contributed by atoms with Crippen LogP contribution in [0.5, 0.6) is 0 Å². The molecule has 3 nitrogen and oxygen atoms in total. The predicted molar refractivity (Wildman–Crippen MR) is 71.1 cm³/mol. The highest BCUT2D eigenvalue weighted by Crippen LogP contribution is 2.26. The lowest BCUT2D eigenvalue weighted by molar-refractivity contribution is -0.147. The van der Waals surface area contributed by atoms with Gasteiger partial charge in [-0.05, 0) is 31.5 Å². The Labute approximate surface area is 110 Å². The number of nitrogens with zero attached hydrogens (tertiary/aromatic N) is 1. The van der Waals surface area contributed by atoms with Crippen LogP contribution in [0.2, 0.25) is 0 Å². The van der Waals surface area contributed by atoms with Crippen molar-refractivity contribution in [3.8, 4) is 0 Å². The van der Waals surface area contributed by atoms with E-state index < -0.39 is 0 Å². The fourth-order valence-corrected chi connectivity index (χ4v) is 2.51. The molecule has 1 saturated heterocycles. The number of carbonyl (C=O) groups excluding carboxylic acids is 1.